The molecule has 0 aliphatic heterocycles. The van der Waals surface area contributed by atoms with E-state index in [-0.39, 0.29) is 0 Å². The zero-order valence-electron chi connectivity index (χ0n) is 6.83. The van der Waals surface area contributed by atoms with Gasteiger partial charge in [0.15, 0.2) is 0 Å². The van der Waals surface area contributed by atoms with Gasteiger partial charge in [-0.25, -0.2) is 0 Å². The number of hydrogen-bond acceptors (Lipinski definition) is 0. The molecule has 0 heterocycles. The van der Waals surface area contributed by atoms with Crippen molar-refractivity contribution in [3.63, 3.8) is 0 Å². The summed E-state index contributed by atoms with van der Waals surface area (Å²) in [4.78, 5) is 0. The molecule has 0 saturated heterocycles. The molecule has 0 rings (SSSR count). The molecule has 0 N–H and O–H groups in total. The van der Waals surface area contributed by atoms with Crippen LogP contribution in [-0.2, 0) is 14.8 Å². The Kier molecular flexibility index (Phi) is 17.4. The maximum atomic E-state index is 3.85. The normalized spacial score (nSPS) is 8.10. The molecule has 0 aromatic carbocycles. The molecule has 0 aliphatic carbocycles. The zero-order valence-corrected chi connectivity index (χ0v) is 12.0. The van der Waals surface area contributed by atoms with Crippen LogP contribution in [0.5, 0.6) is 0 Å². The summed E-state index contributed by atoms with van der Waals surface area (Å²) >= 11 is 3.62. The fourth-order valence-corrected chi connectivity index (χ4v) is 0.552. The first-order valence-electron chi connectivity index (χ1n) is 3.54. The summed E-state index contributed by atoms with van der Waals surface area (Å²) in [5.41, 5.74) is 1.28. The molecule has 0 bridgehead atoms. The number of allylic oxidation sites excluding steroid dienone is 1. The maximum absolute atomic E-state index is 3.85. The third-order valence-electron chi connectivity index (χ3n) is 1.24. The third-order valence-corrected chi connectivity index (χ3v) is 1.24. The molecular formula is C8H15IZn. The Balaban J connectivity index is 0. The van der Waals surface area contributed by atoms with Gasteiger partial charge < -0.3 is 6.92 Å². The summed E-state index contributed by atoms with van der Waals surface area (Å²) in [7, 11) is 0. The van der Waals surface area contributed by atoms with Crippen molar-refractivity contribution >= 4 is 19.8 Å². The molecule has 0 spiro atoms. The molecule has 2 heteroatoms. The molecule has 0 aliphatic rings. The van der Waals surface area contributed by atoms with Crippen molar-refractivity contribution in [3.8, 4) is 0 Å². The van der Waals surface area contributed by atoms with Crippen LogP contribution < -0.4 is 0 Å². The molecule has 56 valence electrons. The quantitative estimate of drug-likeness (QED) is 0.320. The van der Waals surface area contributed by atoms with E-state index in [0.29, 0.717) is 0 Å². The van der Waals surface area contributed by atoms with Crippen LogP contribution in [0, 0.1) is 6.92 Å². The fourth-order valence-electron chi connectivity index (χ4n) is 0.552. The molecule has 0 atom stereocenters. The van der Waals surface area contributed by atoms with E-state index in [0.717, 1.165) is 6.42 Å². The Morgan fingerprint density at radius 2 is 2.10 bits per heavy atom. The second-order valence-corrected chi connectivity index (χ2v) is 2.10. The van der Waals surface area contributed by atoms with Crippen LogP contribution in [0.4, 0.5) is 0 Å². The van der Waals surface area contributed by atoms with E-state index in [4.69, 9.17) is 0 Å². The molecular weight excluding hydrogens is 288 g/mol. The standard InChI is InChI=1S/C8H15.HI.Zn/c1-4-6-7-8(3)5-2;;/h2-7H2,1H3;1H;/q-1;;+2/p-1. The summed E-state index contributed by atoms with van der Waals surface area (Å²) in [5.74, 6) is 0. The van der Waals surface area contributed by atoms with E-state index in [1.165, 1.54) is 39.6 Å². The molecule has 0 aromatic heterocycles. The first-order valence-corrected chi connectivity index (χ1v) is 12.6. The molecule has 0 saturated carbocycles. The van der Waals surface area contributed by atoms with Gasteiger partial charge in [0, 0.05) is 0 Å². The van der Waals surface area contributed by atoms with E-state index in [9.17, 15) is 0 Å². The molecule has 0 amide bonds. The van der Waals surface area contributed by atoms with E-state index >= 15 is 0 Å². The van der Waals surface area contributed by atoms with Crippen LogP contribution in [0.3, 0.4) is 0 Å². The summed E-state index contributed by atoms with van der Waals surface area (Å²) in [5, 5.41) is 0. The Hall–Kier alpha value is 1.09. The zero-order chi connectivity index (χ0) is 8.41. The van der Waals surface area contributed by atoms with Gasteiger partial charge in [0.2, 0.25) is 0 Å². The summed E-state index contributed by atoms with van der Waals surface area (Å²) in [6.45, 7) is 9.78. The van der Waals surface area contributed by atoms with Crippen LogP contribution in [0.1, 0.15) is 32.6 Å². The van der Waals surface area contributed by atoms with Gasteiger partial charge in [-0.2, -0.15) is 6.42 Å². The SMILES string of the molecule is C=C(C[CH2-])CCCC.[Zn+][I]. The van der Waals surface area contributed by atoms with Gasteiger partial charge in [-0.05, 0) is 12.8 Å². The second kappa shape index (κ2) is 12.7. The summed E-state index contributed by atoms with van der Waals surface area (Å²) < 4.78 is 0. The Morgan fingerprint density at radius 1 is 1.60 bits per heavy atom. The monoisotopic (exact) mass is 302 g/mol. The topological polar surface area (TPSA) is 0 Å². The van der Waals surface area contributed by atoms with E-state index in [2.05, 4.69) is 40.2 Å². The van der Waals surface area contributed by atoms with Crippen molar-refractivity contribution < 1.29 is 14.8 Å². The summed E-state index contributed by atoms with van der Waals surface area (Å²) in [6.07, 6.45) is 4.60. The number of rotatable bonds is 4. The predicted molar refractivity (Wildman–Crippen MR) is 52.7 cm³/mol. The molecule has 0 nitrogen and oxygen atoms in total. The van der Waals surface area contributed by atoms with Crippen LogP contribution in [-0.4, -0.2) is 0 Å². The van der Waals surface area contributed by atoms with Crippen LogP contribution >= 0.6 is 19.8 Å². The number of halogens is 1. The average Bonchev–Trinajstić information content (AvgIpc) is 2.04. The van der Waals surface area contributed by atoms with Gasteiger partial charge in [0.1, 0.15) is 0 Å². The number of hydrogen-bond donors (Lipinski definition) is 0. The number of unbranched alkanes of at least 4 members (excludes halogenated alkanes) is 1. The van der Waals surface area contributed by atoms with Crippen LogP contribution in [0.2, 0.25) is 0 Å². The molecule has 10 heavy (non-hydrogen) atoms. The fraction of sp³-hybridized carbons (Fsp3) is 0.625. The van der Waals surface area contributed by atoms with Gasteiger partial charge >= 0.3 is 34.5 Å². The molecule has 0 fully saturated rings. The predicted octanol–water partition coefficient (Wildman–Crippen LogP) is 3.84. The van der Waals surface area contributed by atoms with E-state index in [1.807, 2.05) is 0 Å². The van der Waals surface area contributed by atoms with Gasteiger partial charge in [0.05, 0.1) is 0 Å². The summed E-state index contributed by atoms with van der Waals surface area (Å²) in [6, 6.07) is 0. The van der Waals surface area contributed by atoms with Crippen molar-refractivity contribution in [2.75, 3.05) is 0 Å². The van der Waals surface area contributed by atoms with Crippen molar-refractivity contribution in [1.29, 1.82) is 0 Å². The Labute approximate surface area is 85.7 Å². The van der Waals surface area contributed by atoms with Crippen molar-refractivity contribution in [3.05, 3.63) is 19.1 Å². The molecule has 0 radical (unpaired) electrons. The average molecular weight is 304 g/mol. The van der Waals surface area contributed by atoms with Crippen molar-refractivity contribution in [2.24, 2.45) is 0 Å². The minimum atomic E-state index is 0.903. The van der Waals surface area contributed by atoms with E-state index < -0.39 is 0 Å². The second-order valence-electron chi connectivity index (χ2n) is 2.10. The molecule has 0 unspecified atom stereocenters. The Bertz CT molecular complexity index is 71.7. The van der Waals surface area contributed by atoms with Gasteiger partial charge in [-0.15, -0.1) is 12.2 Å². The van der Waals surface area contributed by atoms with E-state index in [1.54, 1.807) is 0 Å². The molecule has 0 aromatic rings. The third kappa shape index (κ3) is 11.8. The van der Waals surface area contributed by atoms with Crippen LogP contribution in [0.15, 0.2) is 12.2 Å². The van der Waals surface area contributed by atoms with Crippen molar-refractivity contribution in [2.45, 2.75) is 32.6 Å². The minimum absolute atomic E-state index is 0.903. The van der Waals surface area contributed by atoms with Crippen molar-refractivity contribution in [1.82, 2.24) is 0 Å². The first kappa shape index (κ1) is 13.7. The van der Waals surface area contributed by atoms with Gasteiger partial charge in [-0.1, -0.05) is 13.3 Å². The first-order chi connectivity index (χ1) is 4.81. The van der Waals surface area contributed by atoms with Gasteiger partial charge in [-0.3, -0.25) is 0 Å². The Morgan fingerprint density at radius 3 is 2.40 bits per heavy atom. The van der Waals surface area contributed by atoms with Gasteiger partial charge in [0.25, 0.3) is 0 Å². The van der Waals surface area contributed by atoms with Crippen LogP contribution in [0.25, 0.3) is 0 Å².